The van der Waals surface area contributed by atoms with Gasteiger partial charge in [-0.2, -0.15) is 0 Å². The van der Waals surface area contributed by atoms with Gasteiger partial charge in [-0.25, -0.2) is 0 Å². The van der Waals surface area contributed by atoms with Gasteiger partial charge in [-0.05, 0) is 44.2 Å². The van der Waals surface area contributed by atoms with Gasteiger partial charge in [0.1, 0.15) is 0 Å². The van der Waals surface area contributed by atoms with E-state index in [1.54, 1.807) is 0 Å². The molecule has 0 fully saturated rings. The maximum atomic E-state index is 3.23. The molecule has 0 aliphatic heterocycles. The van der Waals surface area contributed by atoms with E-state index in [-0.39, 0.29) is 5.92 Å². The summed E-state index contributed by atoms with van der Waals surface area (Å²) in [5, 5.41) is 0. The quantitative estimate of drug-likeness (QED) is 0.570. The Kier molecular flexibility index (Phi) is 4.26. The van der Waals surface area contributed by atoms with E-state index in [1.165, 1.54) is 0 Å². The van der Waals surface area contributed by atoms with E-state index in [0.717, 1.165) is 5.56 Å². The van der Waals surface area contributed by atoms with Gasteiger partial charge in [0.25, 0.3) is 0 Å². The van der Waals surface area contributed by atoms with Gasteiger partial charge in [0.05, 0.1) is 0 Å². The fraction of sp³-hybridized carbons (Fsp3) is 0.0625. The second-order valence-corrected chi connectivity index (χ2v) is 3.51. The number of allylic oxidation sites excluding steroid dienone is 2. The molecule has 1 aromatic rings. The first-order valence-corrected chi connectivity index (χ1v) is 5.37. The largest absolute Gasteiger partial charge is 0.0900 e. The van der Waals surface area contributed by atoms with Crippen LogP contribution in [-0.4, -0.2) is 0 Å². The highest BCUT2D eigenvalue weighted by atomic mass is 14.1. The van der Waals surface area contributed by atoms with Crippen LogP contribution in [0.4, 0.5) is 0 Å². The Morgan fingerprint density at radius 1 is 0.875 bits per heavy atom. The zero-order chi connectivity index (χ0) is 11.1. The molecule has 0 bridgehead atoms. The lowest BCUT2D eigenvalue weighted by molar-refractivity contribution is 0.998. The van der Waals surface area contributed by atoms with E-state index in [9.17, 15) is 0 Å². The molecule has 1 aliphatic carbocycles. The summed E-state index contributed by atoms with van der Waals surface area (Å²) < 4.78 is 0. The van der Waals surface area contributed by atoms with Gasteiger partial charge >= 0.3 is 0 Å². The SMILES string of the molecule is C(#C[C@H]1[CH][CH][CH][CH][CH]/C=C\1)c1ccccc1. The van der Waals surface area contributed by atoms with Crippen molar-refractivity contribution in [2.75, 3.05) is 0 Å². The van der Waals surface area contributed by atoms with Gasteiger partial charge in [0.2, 0.25) is 0 Å². The Labute approximate surface area is 98.4 Å². The molecule has 5 radical (unpaired) electrons. The van der Waals surface area contributed by atoms with Crippen LogP contribution in [0.25, 0.3) is 0 Å². The van der Waals surface area contributed by atoms with Crippen molar-refractivity contribution in [1.29, 1.82) is 0 Å². The minimum absolute atomic E-state index is 0.196. The summed E-state index contributed by atoms with van der Waals surface area (Å²) >= 11 is 0. The molecule has 0 amide bonds. The van der Waals surface area contributed by atoms with Crippen LogP contribution in [0.1, 0.15) is 5.56 Å². The van der Waals surface area contributed by atoms with Crippen LogP contribution in [-0.2, 0) is 0 Å². The molecule has 1 atom stereocenters. The molecule has 2 rings (SSSR count). The van der Waals surface area contributed by atoms with Crippen molar-refractivity contribution in [3.8, 4) is 11.8 Å². The van der Waals surface area contributed by atoms with Crippen LogP contribution in [0.5, 0.6) is 0 Å². The Bertz CT molecular complexity index is 389. The van der Waals surface area contributed by atoms with Crippen LogP contribution < -0.4 is 0 Å². The highest BCUT2D eigenvalue weighted by Crippen LogP contribution is 2.12. The van der Waals surface area contributed by atoms with Crippen molar-refractivity contribution in [3.05, 3.63) is 80.2 Å². The third kappa shape index (κ3) is 3.59. The summed E-state index contributed by atoms with van der Waals surface area (Å²) in [6.07, 6.45) is 14.3. The highest BCUT2D eigenvalue weighted by Gasteiger charge is 2.03. The van der Waals surface area contributed by atoms with Gasteiger partial charge in [-0.3, -0.25) is 0 Å². The zero-order valence-corrected chi connectivity index (χ0v) is 9.01. The maximum absolute atomic E-state index is 3.23. The molecule has 0 aromatic heterocycles. The molecule has 16 heavy (non-hydrogen) atoms. The summed E-state index contributed by atoms with van der Waals surface area (Å²) in [6, 6.07) is 10.1. The normalized spacial score (nSPS) is 22.4. The molecule has 0 heteroatoms. The highest BCUT2D eigenvalue weighted by molar-refractivity contribution is 5.37. The van der Waals surface area contributed by atoms with Gasteiger partial charge in [0, 0.05) is 11.5 Å². The summed E-state index contributed by atoms with van der Waals surface area (Å²) in [7, 11) is 0. The van der Waals surface area contributed by atoms with E-state index < -0.39 is 0 Å². The lowest BCUT2D eigenvalue weighted by Gasteiger charge is -2.07. The summed E-state index contributed by atoms with van der Waals surface area (Å²) in [5.41, 5.74) is 1.06. The maximum Gasteiger partial charge on any atom is 0.0420 e. The van der Waals surface area contributed by atoms with E-state index in [2.05, 4.69) is 24.3 Å². The molecule has 0 N–H and O–H groups in total. The second kappa shape index (κ2) is 6.18. The molecule has 0 unspecified atom stereocenters. The van der Waals surface area contributed by atoms with Gasteiger partial charge < -0.3 is 0 Å². The van der Waals surface area contributed by atoms with Crippen molar-refractivity contribution in [1.82, 2.24) is 0 Å². The lowest BCUT2D eigenvalue weighted by Crippen LogP contribution is -1.98. The first kappa shape index (κ1) is 11.0. The third-order valence-corrected chi connectivity index (χ3v) is 2.24. The monoisotopic (exact) mass is 205 g/mol. The number of hydrogen-bond acceptors (Lipinski definition) is 0. The first-order valence-electron chi connectivity index (χ1n) is 5.37. The molecule has 1 aromatic carbocycles. The summed E-state index contributed by atoms with van der Waals surface area (Å²) in [6.45, 7) is 0. The zero-order valence-electron chi connectivity index (χ0n) is 9.01. The van der Waals surface area contributed by atoms with E-state index >= 15 is 0 Å². The minimum atomic E-state index is 0.196. The average Bonchev–Trinajstić information content (AvgIpc) is 2.29. The molecule has 0 saturated heterocycles. The van der Waals surface area contributed by atoms with Crippen LogP contribution >= 0.6 is 0 Å². The van der Waals surface area contributed by atoms with Crippen molar-refractivity contribution < 1.29 is 0 Å². The minimum Gasteiger partial charge on any atom is -0.0900 e. The van der Waals surface area contributed by atoms with Crippen LogP contribution in [0.15, 0.2) is 42.5 Å². The molecular weight excluding hydrogens is 192 g/mol. The van der Waals surface area contributed by atoms with Crippen LogP contribution in [0, 0.1) is 49.9 Å². The van der Waals surface area contributed by atoms with E-state index in [1.807, 2.05) is 62.1 Å². The summed E-state index contributed by atoms with van der Waals surface area (Å²) in [5.74, 6) is 6.60. The number of rotatable bonds is 0. The smallest absolute Gasteiger partial charge is 0.0420 e. The van der Waals surface area contributed by atoms with Crippen molar-refractivity contribution >= 4 is 0 Å². The van der Waals surface area contributed by atoms with E-state index in [0.29, 0.717) is 0 Å². The predicted molar refractivity (Wildman–Crippen MR) is 67.5 cm³/mol. The van der Waals surface area contributed by atoms with Crippen LogP contribution in [0.2, 0.25) is 0 Å². The molecule has 77 valence electrons. The molecular formula is C16H13. The lowest BCUT2D eigenvalue weighted by atomic mass is 9.97. The predicted octanol–water partition coefficient (Wildman–Crippen LogP) is 3.25. The Balaban J connectivity index is 2.02. The van der Waals surface area contributed by atoms with Gasteiger partial charge in [0.15, 0.2) is 0 Å². The molecule has 0 heterocycles. The molecule has 0 saturated carbocycles. The van der Waals surface area contributed by atoms with Crippen molar-refractivity contribution in [3.63, 3.8) is 0 Å². The first-order chi connectivity index (χ1) is 7.95. The third-order valence-electron chi connectivity index (χ3n) is 2.24. The Morgan fingerprint density at radius 3 is 2.56 bits per heavy atom. The average molecular weight is 205 g/mol. The second-order valence-electron chi connectivity index (χ2n) is 3.51. The van der Waals surface area contributed by atoms with Crippen molar-refractivity contribution in [2.24, 2.45) is 5.92 Å². The van der Waals surface area contributed by atoms with Gasteiger partial charge in [-0.15, -0.1) is 0 Å². The Hall–Kier alpha value is -1.48. The standard InChI is InChI=1S/C16H13/c1-2-5-9-15(10-6-3-1)13-14-16-11-7-4-8-12-16/h1-12,15H/b9-5-/t15-/m1/s1. The molecule has 0 spiro atoms. The number of benzene rings is 1. The van der Waals surface area contributed by atoms with Gasteiger partial charge in [-0.1, -0.05) is 42.2 Å². The van der Waals surface area contributed by atoms with E-state index in [4.69, 9.17) is 0 Å². The number of hydrogen-bond donors (Lipinski definition) is 0. The molecule has 1 aliphatic rings. The Morgan fingerprint density at radius 2 is 1.69 bits per heavy atom. The summed E-state index contributed by atoms with van der Waals surface area (Å²) in [4.78, 5) is 0. The fourth-order valence-corrected chi connectivity index (χ4v) is 1.41. The fourth-order valence-electron chi connectivity index (χ4n) is 1.41. The molecule has 0 nitrogen and oxygen atoms in total. The topological polar surface area (TPSA) is 0 Å². The van der Waals surface area contributed by atoms with Crippen LogP contribution in [0.3, 0.4) is 0 Å². The van der Waals surface area contributed by atoms with Crippen molar-refractivity contribution in [2.45, 2.75) is 0 Å².